The van der Waals surface area contributed by atoms with Crippen LogP contribution in [-0.4, -0.2) is 25.0 Å². The van der Waals surface area contributed by atoms with Gasteiger partial charge in [-0.3, -0.25) is 4.79 Å². The quantitative estimate of drug-likeness (QED) is 0.762. The highest BCUT2D eigenvalue weighted by Crippen LogP contribution is 2.22. The van der Waals surface area contributed by atoms with Gasteiger partial charge >= 0.3 is 0 Å². The third kappa shape index (κ3) is 7.28. The van der Waals surface area contributed by atoms with Crippen molar-refractivity contribution in [3.8, 4) is 0 Å². The fourth-order valence-electron chi connectivity index (χ4n) is 2.37. The van der Waals surface area contributed by atoms with Crippen LogP contribution in [0.5, 0.6) is 0 Å². The minimum absolute atomic E-state index is 0. The standard InChI is InChI=1S/C18H30N2O.ClH/c1-6-19-15(5)12-20-18(21)11-14(4)17-9-7-16(8-10-17)13(2)3;/h7-10,13-15,19H,6,11-12H2,1-5H3,(H,20,21);1H/t14?,15-;/m1./s1. The molecule has 1 aromatic carbocycles. The Kier molecular flexibility index (Phi) is 10.1. The van der Waals surface area contributed by atoms with E-state index >= 15 is 0 Å². The average Bonchev–Trinajstić information content (AvgIpc) is 2.45. The number of halogens is 1. The molecule has 1 rings (SSSR count). The number of rotatable bonds is 8. The Bertz CT molecular complexity index is 431. The molecule has 1 unspecified atom stereocenters. The molecule has 22 heavy (non-hydrogen) atoms. The van der Waals surface area contributed by atoms with Gasteiger partial charge in [0, 0.05) is 19.0 Å². The predicted molar refractivity (Wildman–Crippen MR) is 97.0 cm³/mol. The van der Waals surface area contributed by atoms with Crippen molar-refractivity contribution in [3.63, 3.8) is 0 Å². The van der Waals surface area contributed by atoms with Crippen molar-refractivity contribution in [2.45, 2.75) is 58.9 Å². The molecule has 0 radical (unpaired) electrons. The fourth-order valence-corrected chi connectivity index (χ4v) is 2.37. The van der Waals surface area contributed by atoms with Crippen molar-refractivity contribution in [3.05, 3.63) is 35.4 Å². The summed E-state index contributed by atoms with van der Waals surface area (Å²) in [4.78, 5) is 12.0. The zero-order valence-corrected chi connectivity index (χ0v) is 15.3. The normalized spacial score (nSPS) is 13.4. The minimum atomic E-state index is 0. The minimum Gasteiger partial charge on any atom is -0.355 e. The summed E-state index contributed by atoms with van der Waals surface area (Å²) in [5, 5.41) is 6.28. The highest BCUT2D eigenvalue weighted by Gasteiger charge is 2.12. The highest BCUT2D eigenvalue weighted by molar-refractivity contribution is 5.85. The van der Waals surface area contributed by atoms with E-state index in [4.69, 9.17) is 0 Å². The van der Waals surface area contributed by atoms with Crippen molar-refractivity contribution >= 4 is 18.3 Å². The highest BCUT2D eigenvalue weighted by atomic mass is 35.5. The summed E-state index contributed by atoms with van der Waals surface area (Å²) in [6.45, 7) is 12.3. The number of nitrogens with one attached hydrogen (secondary N) is 2. The summed E-state index contributed by atoms with van der Waals surface area (Å²) in [5.74, 6) is 0.922. The molecule has 0 saturated heterocycles. The van der Waals surface area contributed by atoms with Crippen LogP contribution in [0.15, 0.2) is 24.3 Å². The molecule has 2 N–H and O–H groups in total. The fraction of sp³-hybridized carbons (Fsp3) is 0.611. The van der Waals surface area contributed by atoms with E-state index in [9.17, 15) is 4.79 Å². The molecule has 4 heteroatoms. The second-order valence-corrected chi connectivity index (χ2v) is 6.19. The molecule has 2 atom stereocenters. The van der Waals surface area contributed by atoms with E-state index in [2.05, 4.69) is 69.5 Å². The van der Waals surface area contributed by atoms with Crippen LogP contribution in [0, 0.1) is 0 Å². The van der Waals surface area contributed by atoms with Crippen LogP contribution in [-0.2, 0) is 4.79 Å². The lowest BCUT2D eigenvalue weighted by atomic mass is 9.94. The van der Waals surface area contributed by atoms with Crippen LogP contribution >= 0.6 is 12.4 Å². The summed E-state index contributed by atoms with van der Waals surface area (Å²) in [5.41, 5.74) is 2.57. The molecule has 0 spiro atoms. The maximum atomic E-state index is 12.0. The Labute approximate surface area is 141 Å². The maximum absolute atomic E-state index is 12.0. The molecule has 0 aliphatic heterocycles. The summed E-state index contributed by atoms with van der Waals surface area (Å²) in [6, 6.07) is 8.95. The molecule has 0 aliphatic carbocycles. The smallest absolute Gasteiger partial charge is 0.220 e. The van der Waals surface area contributed by atoms with Crippen molar-refractivity contribution < 1.29 is 4.79 Å². The Balaban J connectivity index is 0.00000441. The van der Waals surface area contributed by atoms with Gasteiger partial charge in [-0.15, -0.1) is 12.4 Å². The van der Waals surface area contributed by atoms with Crippen LogP contribution in [0.3, 0.4) is 0 Å². The molecule has 0 aliphatic rings. The molecule has 1 aromatic rings. The molecule has 0 saturated carbocycles. The lowest BCUT2D eigenvalue weighted by Gasteiger charge is -2.16. The molecule has 0 fully saturated rings. The third-order valence-corrected chi connectivity index (χ3v) is 3.82. The second-order valence-electron chi connectivity index (χ2n) is 6.19. The summed E-state index contributed by atoms with van der Waals surface area (Å²) in [6.07, 6.45) is 0.542. The third-order valence-electron chi connectivity index (χ3n) is 3.82. The number of amides is 1. The lowest BCUT2D eigenvalue weighted by molar-refractivity contribution is -0.121. The van der Waals surface area contributed by atoms with E-state index in [0.29, 0.717) is 24.9 Å². The number of carbonyl (C=O) groups is 1. The van der Waals surface area contributed by atoms with Gasteiger partial charge in [-0.25, -0.2) is 0 Å². The lowest BCUT2D eigenvalue weighted by Crippen LogP contribution is -2.39. The first-order valence-electron chi connectivity index (χ1n) is 8.04. The number of hydrogen-bond donors (Lipinski definition) is 2. The average molecular weight is 327 g/mol. The van der Waals surface area contributed by atoms with Crippen LogP contribution in [0.1, 0.15) is 64.0 Å². The summed E-state index contributed by atoms with van der Waals surface area (Å²) in [7, 11) is 0. The van der Waals surface area contributed by atoms with E-state index in [-0.39, 0.29) is 24.2 Å². The topological polar surface area (TPSA) is 41.1 Å². The van der Waals surface area contributed by atoms with Crippen molar-refractivity contribution in [1.29, 1.82) is 0 Å². The zero-order valence-electron chi connectivity index (χ0n) is 14.5. The van der Waals surface area contributed by atoms with Crippen LogP contribution < -0.4 is 10.6 Å². The number of hydrogen-bond acceptors (Lipinski definition) is 2. The van der Waals surface area contributed by atoms with Gasteiger partial charge in [0.25, 0.3) is 0 Å². The first-order valence-corrected chi connectivity index (χ1v) is 8.04. The predicted octanol–water partition coefficient (Wildman–Crippen LogP) is 3.84. The molecular formula is C18H31ClN2O. The van der Waals surface area contributed by atoms with Gasteiger partial charge in [0.15, 0.2) is 0 Å². The van der Waals surface area contributed by atoms with Crippen LogP contribution in [0.2, 0.25) is 0 Å². The van der Waals surface area contributed by atoms with Gasteiger partial charge in [0.1, 0.15) is 0 Å². The Morgan fingerprint density at radius 3 is 2.09 bits per heavy atom. The number of benzene rings is 1. The molecule has 126 valence electrons. The number of carbonyl (C=O) groups excluding carboxylic acids is 1. The van der Waals surface area contributed by atoms with Gasteiger partial charge in [-0.05, 0) is 36.4 Å². The van der Waals surface area contributed by atoms with E-state index in [1.807, 2.05) is 0 Å². The van der Waals surface area contributed by atoms with Gasteiger partial charge in [-0.2, -0.15) is 0 Å². The van der Waals surface area contributed by atoms with E-state index < -0.39 is 0 Å². The molecule has 0 aromatic heterocycles. The molecular weight excluding hydrogens is 296 g/mol. The van der Waals surface area contributed by atoms with Crippen molar-refractivity contribution in [1.82, 2.24) is 10.6 Å². The van der Waals surface area contributed by atoms with Crippen LogP contribution in [0.25, 0.3) is 0 Å². The monoisotopic (exact) mass is 326 g/mol. The Morgan fingerprint density at radius 2 is 1.59 bits per heavy atom. The van der Waals surface area contributed by atoms with Gasteiger partial charge in [-0.1, -0.05) is 52.0 Å². The van der Waals surface area contributed by atoms with Gasteiger partial charge in [0.2, 0.25) is 5.91 Å². The van der Waals surface area contributed by atoms with Crippen molar-refractivity contribution in [2.24, 2.45) is 0 Å². The Morgan fingerprint density at radius 1 is 1.05 bits per heavy atom. The molecule has 0 bridgehead atoms. The van der Waals surface area contributed by atoms with Gasteiger partial charge < -0.3 is 10.6 Å². The number of likely N-dealkylation sites (N-methyl/N-ethyl adjacent to an activating group) is 1. The zero-order chi connectivity index (χ0) is 15.8. The largest absolute Gasteiger partial charge is 0.355 e. The Hall–Kier alpha value is -1.06. The van der Waals surface area contributed by atoms with Crippen molar-refractivity contribution in [2.75, 3.05) is 13.1 Å². The summed E-state index contributed by atoms with van der Waals surface area (Å²) >= 11 is 0. The molecule has 1 amide bonds. The molecule has 0 heterocycles. The van der Waals surface area contributed by atoms with E-state index in [1.54, 1.807) is 0 Å². The second kappa shape index (κ2) is 10.6. The van der Waals surface area contributed by atoms with E-state index in [1.165, 1.54) is 11.1 Å². The SMILES string of the molecule is CCN[C@H](C)CNC(=O)CC(C)c1ccc(C(C)C)cc1.Cl. The van der Waals surface area contributed by atoms with Gasteiger partial charge in [0.05, 0.1) is 0 Å². The maximum Gasteiger partial charge on any atom is 0.220 e. The molecule has 3 nitrogen and oxygen atoms in total. The first-order chi connectivity index (χ1) is 9.93. The summed E-state index contributed by atoms with van der Waals surface area (Å²) < 4.78 is 0. The van der Waals surface area contributed by atoms with Crippen LogP contribution in [0.4, 0.5) is 0 Å². The first kappa shape index (κ1) is 20.9. The van der Waals surface area contributed by atoms with E-state index in [0.717, 1.165) is 6.54 Å².